The van der Waals surface area contributed by atoms with E-state index in [4.69, 9.17) is 32.2 Å². The molecule has 1 saturated heterocycles. The maximum absolute atomic E-state index is 6.37. The van der Waals surface area contributed by atoms with Crippen molar-refractivity contribution in [2.45, 2.75) is 38.4 Å². The normalized spacial score (nSPS) is 21.7. The Kier molecular flexibility index (Phi) is 6.62. The zero-order chi connectivity index (χ0) is 21.9. The molecule has 1 fully saturated rings. The van der Waals surface area contributed by atoms with E-state index in [1.54, 1.807) is 6.07 Å². The number of rotatable bonds is 8. The second kappa shape index (κ2) is 8.85. The summed E-state index contributed by atoms with van der Waals surface area (Å²) < 4.78 is 12.6. The number of anilines is 3. The molecule has 1 aliphatic heterocycles. The second-order valence-electron chi connectivity index (χ2n) is 8.88. The van der Waals surface area contributed by atoms with Gasteiger partial charge in [0.2, 0.25) is 0 Å². The van der Waals surface area contributed by atoms with Gasteiger partial charge in [0.15, 0.2) is 0 Å². The van der Waals surface area contributed by atoms with E-state index in [0.717, 1.165) is 24.1 Å². The van der Waals surface area contributed by atoms with Crippen molar-refractivity contribution in [1.29, 1.82) is 0 Å². The predicted molar refractivity (Wildman–Crippen MR) is 125 cm³/mol. The largest absolute Gasteiger partial charge is 0.494 e. The van der Waals surface area contributed by atoms with Crippen molar-refractivity contribution in [3.8, 4) is 0 Å². The Balaban J connectivity index is 1.60. The fourth-order valence-corrected chi connectivity index (χ4v) is 3.67. The molecule has 30 heavy (non-hydrogen) atoms. The molecular formula is C22H34BN5O2. The number of hydrogen-bond acceptors (Lipinski definition) is 7. The molecule has 2 aromatic rings. The van der Waals surface area contributed by atoms with Crippen molar-refractivity contribution in [3.05, 3.63) is 48.0 Å². The summed E-state index contributed by atoms with van der Waals surface area (Å²) in [4.78, 5) is 0. The number of nitrogen functional groups attached to an aromatic ring is 3. The van der Waals surface area contributed by atoms with Crippen LogP contribution in [0.1, 0.15) is 26.3 Å². The second-order valence-corrected chi connectivity index (χ2v) is 8.88. The topological polar surface area (TPSA) is 135 Å². The highest BCUT2D eigenvalue weighted by molar-refractivity contribution is 6.62. The quantitative estimate of drug-likeness (QED) is 0.325. The fourth-order valence-electron chi connectivity index (χ4n) is 3.67. The lowest BCUT2D eigenvalue weighted by molar-refractivity contribution is -0.00857. The Morgan fingerprint density at radius 2 is 1.67 bits per heavy atom. The molecule has 2 unspecified atom stereocenters. The molecule has 162 valence electrons. The highest BCUT2D eigenvalue weighted by atomic mass is 16.7. The summed E-state index contributed by atoms with van der Waals surface area (Å²) in [5, 5.41) is 3.54. The third kappa shape index (κ3) is 4.90. The van der Waals surface area contributed by atoms with Crippen LogP contribution in [-0.4, -0.2) is 38.0 Å². The van der Waals surface area contributed by atoms with E-state index in [1.165, 1.54) is 5.56 Å². The summed E-state index contributed by atoms with van der Waals surface area (Å²) in [7, 11) is -0.491. The fraction of sp³-hybridized carbons (Fsp3) is 0.455. The van der Waals surface area contributed by atoms with Gasteiger partial charge in [0, 0.05) is 12.2 Å². The van der Waals surface area contributed by atoms with Crippen molar-refractivity contribution in [2.24, 2.45) is 11.7 Å². The molecule has 0 aromatic heterocycles. The summed E-state index contributed by atoms with van der Waals surface area (Å²) in [6, 6.07) is 13.4. The van der Waals surface area contributed by atoms with E-state index < -0.39 is 18.3 Å². The van der Waals surface area contributed by atoms with Crippen molar-refractivity contribution >= 4 is 29.6 Å². The molecule has 0 amide bonds. The van der Waals surface area contributed by atoms with Gasteiger partial charge in [-0.05, 0) is 81.5 Å². The lowest BCUT2D eigenvalue weighted by Gasteiger charge is -2.37. The van der Waals surface area contributed by atoms with Crippen LogP contribution in [0.4, 0.5) is 17.1 Å². The van der Waals surface area contributed by atoms with Gasteiger partial charge in [-0.2, -0.15) is 0 Å². The van der Waals surface area contributed by atoms with E-state index >= 15 is 0 Å². The molecule has 1 heterocycles. The van der Waals surface area contributed by atoms with E-state index in [-0.39, 0.29) is 0 Å². The SMILES string of the molecule is CC1(C)OB(c2ccc(N)c(N)c2)OC1(C)CNCC(CN)Cc1ccc(N)cc1. The first kappa shape index (κ1) is 22.4. The van der Waals surface area contributed by atoms with Gasteiger partial charge in [-0.15, -0.1) is 0 Å². The van der Waals surface area contributed by atoms with E-state index in [2.05, 4.69) is 24.4 Å². The summed E-state index contributed by atoms with van der Waals surface area (Å²) >= 11 is 0. The highest BCUT2D eigenvalue weighted by Crippen LogP contribution is 2.37. The first-order valence-electron chi connectivity index (χ1n) is 10.4. The van der Waals surface area contributed by atoms with Crippen LogP contribution in [0.5, 0.6) is 0 Å². The van der Waals surface area contributed by atoms with Crippen LogP contribution in [0.15, 0.2) is 42.5 Å². The summed E-state index contributed by atoms with van der Waals surface area (Å²) in [5.41, 5.74) is 26.5. The molecule has 0 radical (unpaired) electrons. The van der Waals surface area contributed by atoms with E-state index in [1.807, 2.05) is 38.1 Å². The first-order valence-corrected chi connectivity index (χ1v) is 10.4. The third-order valence-corrected chi connectivity index (χ3v) is 6.16. The zero-order valence-corrected chi connectivity index (χ0v) is 18.2. The number of hydrogen-bond donors (Lipinski definition) is 5. The summed E-state index contributed by atoms with van der Waals surface area (Å²) in [6.07, 6.45) is 0.897. The Labute approximate surface area is 179 Å². The maximum Gasteiger partial charge on any atom is 0.494 e. The number of nitrogens with one attached hydrogen (secondary N) is 1. The lowest BCUT2D eigenvalue weighted by atomic mass is 9.79. The monoisotopic (exact) mass is 411 g/mol. The number of benzene rings is 2. The molecule has 2 atom stereocenters. The van der Waals surface area contributed by atoms with Crippen LogP contribution in [0.2, 0.25) is 0 Å². The molecule has 8 heteroatoms. The van der Waals surface area contributed by atoms with Gasteiger partial charge in [0.25, 0.3) is 0 Å². The molecule has 0 aliphatic carbocycles. The highest BCUT2D eigenvalue weighted by Gasteiger charge is 2.54. The third-order valence-electron chi connectivity index (χ3n) is 6.16. The Morgan fingerprint density at radius 3 is 2.30 bits per heavy atom. The average Bonchev–Trinajstić information content (AvgIpc) is 2.94. The molecule has 3 rings (SSSR count). The van der Waals surface area contributed by atoms with Crippen molar-refractivity contribution in [3.63, 3.8) is 0 Å². The molecular weight excluding hydrogens is 377 g/mol. The molecule has 0 bridgehead atoms. The van der Waals surface area contributed by atoms with Gasteiger partial charge in [0.1, 0.15) is 0 Å². The molecule has 1 aliphatic rings. The van der Waals surface area contributed by atoms with E-state index in [9.17, 15) is 0 Å². The number of nitrogens with two attached hydrogens (primary N) is 4. The van der Waals surface area contributed by atoms with Gasteiger partial charge < -0.3 is 37.6 Å². The van der Waals surface area contributed by atoms with Crippen LogP contribution in [0.25, 0.3) is 0 Å². The van der Waals surface area contributed by atoms with Gasteiger partial charge in [-0.3, -0.25) is 0 Å². The van der Waals surface area contributed by atoms with Crippen LogP contribution in [-0.2, 0) is 15.7 Å². The summed E-state index contributed by atoms with van der Waals surface area (Å²) in [5.74, 6) is 0.315. The smallest absolute Gasteiger partial charge is 0.399 e. The van der Waals surface area contributed by atoms with Gasteiger partial charge in [-0.25, -0.2) is 0 Å². The first-order chi connectivity index (χ1) is 14.1. The van der Waals surface area contributed by atoms with Gasteiger partial charge in [-0.1, -0.05) is 18.2 Å². The van der Waals surface area contributed by atoms with Crippen LogP contribution < -0.4 is 33.7 Å². The molecule has 2 aromatic carbocycles. The molecule has 7 nitrogen and oxygen atoms in total. The molecule has 0 spiro atoms. The average molecular weight is 411 g/mol. The Morgan fingerprint density at radius 1 is 0.967 bits per heavy atom. The van der Waals surface area contributed by atoms with Crippen LogP contribution in [0, 0.1) is 5.92 Å². The van der Waals surface area contributed by atoms with Crippen molar-refractivity contribution in [1.82, 2.24) is 5.32 Å². The van der Waals surface area contributed by atoms with Gasteiger partial charge in [0.05, 0.1) is 22.6 Å². The zero-order valence-electron chi connectivity index (χ0n) is 18.2. The Hall–Kier alpha value is -2.26. The van der Waals surface area contributed by atoms with E-state index in [0.29, 0.717) is 30.4 Å². The van der Waals surface area contributed by atoms with Crippen molar-refractivity contribution < 1.29 is 9.31 Å². The van der Waals surface area contributed by atoms with Crippen LogP contribution in [0.3, 0.4) is 0 Å². The predicted octanol–water partition coefficient (Wildman–Crippen LogP) is 1.12. The van der Waals surface area contributed by atoms with Crippen LogP contribution >= 0.6 is 0 Å². The van der Waals surface area contributed by atoms with Gasteiger partial charge >= 0.3 is 7.12 Å². The minimum Gasteiger partial charge on any atom is -0.399 e. The molecule has 9 N–H and O–H groups in total. The van der Waals surface area contributed by atoms with Crippen molar-refractivity contribution in [2.75, 3.05) is 36.8 Å². The lowest BCUT2D eigenvalue weighted by Crippen LogP contribution is -2.52. The Bertz CT molecular complexity index is 861. The summed E-state index contributed by atoms with van der Waals surface area (Å²) in [6.45, 7) is 8.18. The molecule has 0 saturated carbocycles. The minimum atomic E-state index is -0.520. The maximum atomic E-state index is 6.37. The standard InChI is InChI=1S/C22H34BN5O2/c1-21(2)22(3,30-23(29-21)17-6-9-19(26)20(27)11-17)14-28-13-16(12-24)10-15-4-7-18(25)8-5-15/h4-9,11,16,28H,10,12-14,24-27H2,1-3H3. The minimum absolute atomic E-state index is 0.315.